The Bertz CT molecular complexity index is 800. The highest BCUT2D eigenvalue weighted by Crippen LogP contribution is 2.33. The molecule has 7 heteroatoms. The third-order valence-corrected chi connectivity index (χ3v) is 3.53. The second kappa shape index (κ2) is 6.92. The average Bonchev–Trinajstić information content (AvgIpc) is 2.99. The van der Waals surface area contributed by atoms with Gasteiger partial charge in [-0.1, -0.05) is 30.3 Å². The van der Waals surface area contributed by atoms with Crippen molar-refractivity contribution in [1.29, 1.82) is 0 Å². The molecule has 0 saturated carbocycles. The summed E-state index contributed by atoms with van der Waals surface area (Å²) in [6.07, 6.45) is -4.45. The van der Waals surface area contributed by atoms with Crippen molar-refractivity contribution < 1.29 is 17.9 Å². The minimum atomic E-state index is -4.45. The number of alkyl halides is 3. The van der Waals surface area contributed by atoms with Crippen LogP contribution in [0.5, 0.6) is 5.75 Å². The minimum Gasteiger partial charge on any atom is -0.492 e. The van der Waals surface area contributed by atoms with Crippen molar-refractivity contribution in [3.8, 4) is 5.75 Å². The molecule has 0 fully saturated rings. The van der Waals surface area contributed by atoms with E-state index >= 15 is 0 Å². The molecular formula is C17H16F3N3O. The topological polar surface area (TPSA) is 49.9 Å². The third-order valence-electron chi connectivity index (χ3n) is 3.53. The summed E-state index contributed by atoms with van der Waals surface area (Å²) in [6.45, 7) is 1.77. The van der Waals surface area contributed by atoms with Crippen LogP contribution in [-0.4, -0.2) is 23.3 Å². The van der Waals surface area contributed by atoms with E-state index in [4.69, 9.17) is 4.74 Å². The lowest BCUT2D eigenvalue weighted by Crippen LogP contribution is -2.20. The monoisotopic (exact) mass is 335 g/mol. The first-order valence-corrected chi connectivity index (χ1v) is 7.47. The number of nitrogens with zero attached hydrogens (tertiary/aromatic N) is 1. The molecule has 126 valence electrons. The molecule has 0 unspecified atom stereocenters. The van der Waals surface area contributed by atoms with Gasteiger partial charge < -0.3 is 10.1 Å². The van der Waals surface area contributed by atoms with E-state index < -0.39 is 11.9 Å². The standard InChI is InChI=1S/C17H16F3N3O/c18-17(19,20)16-14-7-6-13(10-15(14)22-23-16)24-9-8-21-11-12-4-2-1-3-5-12/h1-7,10,21H,8-9,11H2,(H,22,23). The van der Waals surface area contributed by atoms with Gasteiger partial charge in [0.05, 0.1) is 5.52 Å². The Morgan fingerprint density at radius 3 is 2.62 bits per heavy atom. The Morgan fingerprint density at radius 1 is 1.08 bits per heavy atom. The molecule has 0 bridgehead atoms. The second-order valence-electron chi connectivity index (χ2n) is 5.29. The quantitative estimate of drug-likeness (QED) is 0.675. The Labute approximate surface area is 136 Å². The maximum Gasteiger partial charge on any atom is 0.433 e. The van der Waals surface area contributed by atoms with Gasteiger partial charge in [-0.25, -0.2) is 0 Å². The van der Waals surface area contributed by atoms with E-state index in [2.05, 4.69) is 10.4 Å². The Morgan fingerprint density at radius 2 is 1.88 bits per heavy atom. The van der Waals surface area contributed by atoms with Crippen LogP contribution in [0.2, 0.25) is 0 Å². The van der Waals surface area contributed by atoms with Crippen LogP contribution in [-0.2, 0) is 12.7 Å². The number of aromatic amines is 1. The number of fused-ring (bicyclic) bond motifs is 1. The van der Waals surface area contributed by atoms with Crippen LogP contribution in [0.4, 0.5) is 13.2 Å². The van der Waals surface area contributed by atoms with E-state index in [1.54, 1.807) is 0 Å². The van der Waals surface area contributed by atoms with E-state index in [0.717, 1.165) is 6.54 Å². The molecule has 1 aromatic heterocycles. The van der Waals surface area contributed by atoms with Crippen molar-refractivity contribution in [2.45, 2.75) is 12.7 Å². The lowest BCUT2D eigenvalue weighted by Gasteiger charge is -2.08. The molecule has 1 heterocycles. The molecule has 0 atom stereocenters. The minimum absolute atomic E-state index is 0.0389. The normalized spacial score (nSPS) is 11.8. The van der Waals surface area contributed by atoms with E-state index in [0.29, 0.717) is 18.9 Å². The molecule has 0 aliphatic rings. The fourth-order valence-corrected chi connectivity index (χ4v) is 2.37. The predicted octanol–water partition coefficient (Wildman–Crippen LogP) is 3.75. The Kier molecular flexibility index (Phi) is 4.71. The molecule has 24 heavy (non-hydrogen) atoms. The number of ether oxygens (including phenoxy) is 1. The molecule has 4 nitrogen and oxygen atoms in total. The maximum atomic E-state index is 12.8. The number of hydrogen-bond donors (Lipinski definition) is 2. The highest BCUT2D eigenvalue weighted by Gasteiger charge is 2.34. The number of hydrogen-bond acceptors (Lipinski definition) is 3. The number of benzene rings is 2. The van der Waals surface area contributed by atoms with Gasteiger partial charge in [0.25, 0.3) is 0 Å². The zero-order valence-corrected chi connectivity index (χ0v) is 12.7. The summed E-state index contributed by atoms with van der Waals surface area (Å²) in [5.74, 6) is 0.490. The number of nitrogens with one attached hydrogen (secondary N) is 2. The zero-order valence-electron chi connectivity index (χ0n) is 12.7. The van der Waals surface area contributed by atoms with Crippen LogP contribution in [0.15, 0.2) is 48.5 Å². The fraction of sp³-hybridized carbons (Fsp3) is 0.235. The van der Waals surface area contributed by atoms with E-state index in [-0.39, 0.29) is 10.9 Å². The summed E-state index contributed by atoms with van der Waals surface area (Å²) in [5.41, 5.74) is 0.570. The van der Waals surface area contributed by atoms with Gasteiger partial charge in [0.2, 0.25) is 0 Å². The third kappa shape index (κ3) is 3.86. The van der Waals surface area contributed by atoms with E-state index in [9.17, 15) is 13.2 Å². The molecule has 0 amide bonds. The van der Waals surface area contributed by atoms with Crippen molar-refractivity contribution in [2.75, 3.05) is 13.2 Å². The smallest absolute Gasteiger partial charge is 0.433 e. The second-order valence-corrected chi connectivity index (χ2v) is 5.29. The molecular weight excluding hydrogens is 319 g/mol. The molecule has 0 saturated heterocycles. The summed E-state index contributed by atoms with van der Waals surface area (Å²) in [6, 6.07) is 14.3. The van der Waals surface area contributed by atoms with Crippen molar-refractivity contribution in [1.82, 2.24) is 15.5 Å². The zero-order chi connectivity index (χ0) is 17.0. The van der Waals surface area contributed by atoms with Gasteiger partial charge in [0.1, 0.15) is 18.1 Å². The molecule has 3 rings (SSSR count). The molecule has 2 aromatic carbocycles. The number of aromatic nitrogens is 2. The number of H-pyrrole nitrogens is 1. The molecule has 0 aliphatic heterocycles. The van der Waals surface area contributed by atoms with Crippen LogP contribution in [0.3, 0.4) is 0 Å². The average molecular weight is 335 g/mol. The van der Waals surface area contributed by atoms with Gasteiger partial charge >= 0.3 is 6.18 Å². The van der Waals surface area contributed by atoms with Gasteiger partial charge in [-0.2, -0.15) is 18.3 Å². The molecule has 0 spiro atoms. The van der Waals surface area contributed by atoms with Crippen LogP contribution in [0.25, 0.3) is 10.9 Å². The molecule has 0 aliphatic carbocycles. The highest BCUT2D eigenvalue weighted by molar-refractivity contribution is 5.83. The predicted molar refractivity (Wildman–Crippen MR) is 84.7 cm³/mol. The van der Waals surface area contributed by atoms with E-state index in [1.165, 1.54) is 23.8 Å². The summed E-state index contributed by atoms with van der Waals surface area (Å²) in [7, 11) is 0. The highest BCUT2D eigenvalue weighted by atomic mass is 19.4. The summed E-state index contributed by atoms with van der Waals surface area (Å²) >= 11 is 0. The van der Waals surface area contributed by atoms with Gasteiger partial charge in [0.15, 0.2) is 0 Å². The Hall–Kier alpha value is -2.54. The first-order valence-electron chi connectivity index (χ1n) is 7.47. The van der Waals surface area contributed by atoms with Crippen molar-refractivity contribution in [3.63, 3.8) is 0 Å². The van der Waals surface area contributed by atoms with Crippen LogP contribution < -0.4 is 10.1 Å². The summed E-state index contributed by atoms with van der Waals surface area (Å²) < 4.78 is 43.9. The van der Waals surface area contributed by atoms with E-state index in [1.807, 2.05) is 35.4 Å². The first kappa shape index (κ1) is 16.3. The van der Waals surface area contributed by atoms with Gasteiger partial charge in [-0.15, -0.1) is 0 Å². The lowest BCUT2D eigenvalue weighted by molar-refractivity contribution is -0.139. The van der Waals surface area contributed by atoms with Gasteiger partial charge in [-0.3, -0.25) is 5.10 Å². The molecule has 0 radical (unpaired) electrons. The summed E-state index contributed by atoms with van der Waals surface area (Å²) in [4.78, 5) is 0. The van der Waals surface area contributed by atoms with Crippen molar-refractivity contribution in [3.05, 3.63) is 59.8 Å². The molecule has 2 N–H and O–H groups in total. The van der Waals surface area contributed by atoms with Crippen LogP contribution >= 0.6 is 0 Å². The SMILES string of the molecule is FC(F)(F)c1[nH]nc2cc(OCCNCc3ccccc3)ccc12. The Balaban J connectivity index is 1.53. The van der Waals surface area contributed by atoms with Crippen LogP contribution in [0, 0.1) is 0 Å². The van der Waals surface area contributed by atoms with Gasteiger partial charge in [0, 0.05) is 24.5 Å². The van der Waals surface area contributed by atoms with Gasteiger partial charge in [-0.05, 0) is 17.7 Å². The first-order chi connectivity index (χ1) is 11.5. The van der Waals surface area contributed by atoms with Crippen molar-refractivity contribution in [2.24, 2.45) is 0 Å². The summed E-state index contributed by atoms with van der Waals surface area (Å²) in [5, 5.41) is 9.00. The number of rotatable bonds is 6. The van der Waals surface area contributed by atoms with Crippen molar-refractivity contribution >= 4 is 10.9 Å². The lowest BCUT2D eigenvalue weighted by atomic mass is 10.2. The number of halogens is 3. The fourth-order valence-electron chi connectivity index (χ4n) is 2.37. The van der Waals surface area contributed by atoms with Crippen LogP contribution in [0.1, 0.15) is 11.3 Å². The molecule has 3 aromatic rings. The maximum absolute atomic E-state index is 12.8. The largest absolute Gasteiger partial charge is 0.492 e.